The molecule has 3 heteroatoms. The van der Waals surface area contributed by atoms with E-state index >= 15 is 0 Å². The van der Waals surface area contributed by atoms with Crippen LogP contribution in [-0.2, 0) is 0 Å². The van der Waals surface area contributed by atoms with Crippen molar-refractivity contribution in [3.63, 3.8) is 0 Å². The Morgan fingerprint density at radius 3 is 2.75 bits per heavy atom. The van der Waals surface area contributed by atoms with Crippen LogP contribution in [0.15, 0.2) is 18.2 Å². The van der Waals surface area contributed by atoms with Crippen LogP contribution in [0.1, 0.15) is 36.0 Å². The first-order valence-corrected chi connectivity index (χ1v) is 5.67. The van der Waals surface area contributed by atoms with Gasteiger partial charge in [-0.05, 0) is 37.0 Å². The molecule has 0 bridgehead atoms. The van der Waals surface area contributed by atoms with Crippen LogP contribution in [0.5, 0.6) is 5.75 Å². The summed E-state index contributed by atoms with van der Waals surface area (Å²) in [6.07, 6.45) is 5.48. The van der Waals surface area contributed by atoms with Gasteiger partial charge in [0.05, 0.1) is 6.61 Å². The molecule has 1 aliphatic carbocycles. The van der Waals surface area contributed by atoms with E-state index in [9.17, 15) is 9.18 Å². The summed E-state index contributed by atoms with van der Waals surface area (Å²) in [5.41, 5.74) is 0.339. The van der Waals surface area contributed by atoms with Gasteiger partial charge >= 0.3 is 0 Å². The SMILES string of the molecule is O=Cc1ccc(OCC2CCCC2)c(F)c1. The highest BCUT2D eigenvalue weighted by molar-refractivity contribution is 5.74. The first-order chi connectivity index (χ1) is 7.79. The first-order valence-electron chi connectivity index (χ1n) is 5.67. The number of benzene rings is 1. The third-order valence-electron chi connectivity index (χ3n) is 3.04. The summed E-state index contributed by atoms with van der Waals surface area (Å²) < 4.78 is 18.9. The summed E-state index contributed by atoms with van der Waals surface area (Å²) in [7, 11) is 0. The topological polar surface area (TPSA) is 26.3 Å². The molecule has 86 valence electrons. The van der Waals surface area contributed by atoms with Gasteiger partial charge in [-0.25, -0.2) is 4.39 Å². The van der Waals surface area contributed by atoms with Crippen LogP contribution in [0, 0.1) is 11.7 Å². The van der Waals surface area contributed by atoms with E-state index in [0.29, 0.717) is 24.4 Å². The van der Waals surface area contributed by atoms with Crippen LogP contribution < -0.4 is 4.74 Å². The zero-order valence-corrected chi connectivity index (χ0v) is 9.12. The van der Waals surface area contributed by atoms with Gasteiger partial charge in [-0.15, -0.1) is 0 Å². The van der Waals surface area contributed by atoms with Crippen molar-refractivity contribution in [3.8, 4) is 5.75 Å². The van der Waals surface area contributed by atoms with Crippen molar-refractivity contribution < 1.29 is 13.9 Å². The lowest BCUT2D eigenvalue weighted by molar-refractivity contribution is 0.112. The van der Waals surface area contributed by atoms with E-state index in [2.05, 4.69) is 0 Å². The number of carbonyl (C=O) groups is 1. The van der Waals surface area contributed by atoms with Gasteiger partial charge in [0.15, 0.2) is 11.6 Å². The Morgan fingerprint density at radius 1 is 1.38 bits per heavy atom. The van der Waals surface area contributed by atoms with Crippen molar-refractivity contribution >= 4 is 6.29 Å². The molecule has 0 amide bonds. The lowest BCUT2D eigenvalue weighted by Gasteiger charge is -2.11. The lowest BCUT2D eigenvalue weighted by atomic mass is 10.1. The average Bonchev–Trinajstić information content (AvgIpc) is 2.80. The fourth-order valence-electron chi connectivity index (χ4n) is 2.09. The fraction of sp³-hybridized carbons (Fsp3) is 0.462. The molecule has 0 spiro atoms. The first kappa shape index (κ1) is 11.1. The lowest BCUT2D eigenvalue weighted by Crippen LogP contribution is -2.08. The second kappa shape index (κ2) is 5.10. The molecule has 0 N–H and O–H groups in total. The molecule has 1 fully saturated rings. The second-order valence-electron chi connectivity index (χ2n) is 4.27. The van der Waals surface area contributed by atoms with E-state index in [4.69, 9.17) is 4.74 Å². The van der Waals surface area contributed by atoms with Gasteiger partial charge in [0.25, 0.3) is 0 Å². The summed E-state index contributed by atoms with van der Waals surface area (Å²) in [6.45, 7) is 0.581. The molecule has 2 nitrogen and oxygen atoms in total. The van der Waals surface area contributed by atoms with Gasteiger partial charge in [0.2, 0.25) is 0 Å². The maximum Gasteiger partial charge on any atom is 0.165 e. The molecule has 0 atom stereocenters. The van der Waals surface area contributed by atoms with Crippen molar-refractivity contribution in [1.29, 1.82) is 0 Å². The highest BCUT2D eigenvalue weighted by Crippen LogP contribution is 2.26. The minimum Gasteiger partial charge on any atom is -0.490 e. The predicted octanol–water partition coefficient (Wildman–Crippen LogP) is 3.21. The summed E-state index contributed by atoms with van der Waals surface area (Å²) in [5.74, 6) is 0.352. The molecule has 2 rings (SSSR count). The van der Waals surface area contributed by atoms with Crippen LogP contribution in [0.25, 0.3) is 0 Å². The molecule has 0 saturated heterocycles. The molecule has 0 aliphatic heterocycles. The van der Waals surface area contributed by atoms with Gasteiger partial charge in [0.1, 0.15) is 6.29 Å². The Labute approximate surface area is 94.4 Å². The number of halogens is 1. The van der Waals surface area contributed by atoms with Gasteiger partial charge < -0.3 is 4.74 Å². The largest absolute Gasteiger partial charge is 0.490 e. The molecule has 1 aromatic carbocycles. The third kappa shape index (κ3) is 2.60. The minimum absolute atomic E-state index is 0.248. The fourth-order valence-corrected chi connectivity index (χ4v) is 2.09. The Bertz CT molecular complexity index is 370. The van der Waals surface area contributed by atoms with Gasteiger partial charge in [-0.2, -0.15) is 0 Å². The molecule has 1 aromatic rings. The molecule has 0 radical (unpaired) electrons. The summed E-state index contributed by atoms with van der Waals surface area (Å²) in [4.78, 5) is 10.4. The van der Waals surface area contributed by atoms with Crippen LogP contribution >= 0.6 is 0 Å². The minimum atomic E-state index is -0.456. The quantitative estimate of drug-likeness (QED) is 0.731. The summed E-state index contributed by atoms with van der Waals surface area (Å²) in [5, 5.41) is 0. The van der Waals surface area contributed by atoms with Crippen LogP contribution in [-0.4, -0.2) is 12.9 Å². The van der Waals surface area contributed by atoms with E-state index in [-0.39, 0.29) is 5.75 Å². The second-order valence-corrected chi connectivity index (χ2v) is 4.27. The highest BCUT2D eigenvalue weighted by Gasteiger charge is 2.16. The van der Waals surface area contributed by atoms with Crippen molar-refractivity contribution in [2.24, 2.45) is 5.92 Å². The standard InChI is InChI=1S/C13H15FO2/c14-12-7-11(8-15)5-6-13(12)16-9-10-3-1-2-4-10/h5-8,10H,1-4,9H2. The van der Waals surface area contributed by atoms with E-state index in [1.807, 2.05) is 0 Å². The van der Waals surface area contributed by atoms with Crippen LogP contribution in [0.3, 0.4) is 0 Å². The van der Waals surface area contributed by atoms with Crippen LogP contribution in [0.2, 0.25) is 0 Å². The molecular weight excluding hydrogens is 207 g/mol. The number of hydrogen-bond donors (Lipinski definition) is 0. The highest BCUT2D eigenvalue weighted by atomic mass is 19.1. The molecule has 1 aliphatic rings. The number of ether oxygens (including phenoxy) is 1. The van der Waals surface area contributed by atoms with E-state index in [1.54, 1.807) is 6.07 Å². The number of hydrogen-bond acceptors (Lipinski definition) is 2. The Balaban J connectivity index is 1.95. The van der Waals surface area contributed by atoms with Crippen LogP contribution in [0.4, 0.5) is 4.39 Å². The molecule has 0 heterocycles. The maximum atomic E-state index is 13.4. The van der Waals surface area contributed by atoms with E-state index in [1.165, 1.54) is 37.8 Å². The van der Waals surface area contributed by atoms with Crippen molar-refractivity contribution in [1.82, 2.24) is 0 Å². The number of carbonyl (C=O) groups excluding carboxylic acids is 1. The maximum absolute atomic E-state index is 13.4. The zero-order valence-electron chi connectivity index (χ0n) is 9.12. The number of rotatable bonds is 4. The van der Waals surface area contributed by atoms with Gasteiger partial charge in [0, 0.05) is 5.56 Å². The Kier molecular flexibility index (Phi) is 3.54. The molecule has 0 aromatic heterocycles. The van der Waals surface area contributed by atoms with Gasteiger partial charge in [-0.1, -0.05) is 12.8 Å². The van der Waals surface area contributed by atoms with Gasteiger partial charge in [-0.3, -0.25) is 4.79 Å². The van der Waals surface area contributed by atoms with Crippen molar-refractivity contribution in [3.05, 3.63) is 29.6 Å². The Hall–Kier alpha value is -1.38. The van der Waals surface area contributed by atoms with Crippen molar-refractivity contribution in [2.45, 2.75) is 25.7 Å². The summed E-state index contributed by atoms with van der Waals surface area (Å²) >= 11 is 0. The smallest absolute Gasteiger partial charge is 0.165 e. The normalized spacial score (nSPS) is 16.3. The molecular formula is C13H15FO2. The van der Waals surface area contributed by atoms with E-state index in [0.717, 1.165) is 0 Å². The monoisotopic (exact) mass is 222 g/mol. The predicted molar refractivity (Wildman–Crippen MR) is 59.2 cm³/mol. The number of aldehydes is 1. The summed E-state index contributed by atoms with van der Waals surface area (Å²) in [6, 6.07) is 4.30. The molecule has 16 heavy (non-hydrogen) atoms. The molecule has 1 saturated carbocycles. The zero-order chi connectivity index (χ0) is 11.4. The van der Waals surface area contributed by atoms with E-state index < -0.39 is 5.82 Å². The average molecular weight is 222 g/mol. The van der Waals surface area contributed by atoms with Crippen molar-refractivity contribution in [2.75, 3.05) is 6.61 Å². The molecule has 0 unspecified atom stereocenters. The third-order valence-corrected chi connectivity index (χ3v) is 3.04. The Morgan fingerprint density at radius 2 is 2.12 bits per heavy atom.